The van der Waals surface area contributed by atoms with Gasteiger partial charge in [0.1, 0.15) is 5.75 Å². The van der Waals surface area contributed by atoms with Crippen LogP contribution in [-0.4, -0.2) is 11.9 Å². The molecule has 0 saturated carbocycles. The molecule has 4 nitrogen and oxygen atoms in total. The first-order valence-electron chi connectivity index (χ1n) is 6.22. The van der Waals surface area contributed by atoms with Crippen LogP contribution in [0.1, 0.15) is 22.8 Å². The molecule has 0 radical (unpaired) electrons. The van der Waals surface area contributed by atoms with Gasteiger partial charge in [-0.2, -0.15) is 0 Å². The molecule has 0 aliphatic rings. The first-order chi connectivity index (χ1) is 9.56. The zero-order valence-corrected chi connectivity index (χ0v) is 11.3. The lowest BCUT2D eigenvalue weighted by Crippen LogP contribution is -2.14. The standard InChI is InChI=1S/C16H15NO3/c1-11-6-5-7-13(10-11)20-16(19)14-8-3-4-9-15(14)17-12(2)18/h3-10H,1-2H3,(H,17,18). The molecule has 0 fully saturated rings. The maximum atomic E-state index is 12.2. The first-order valence-corrected chi connectivity index (χ1v) is 6.22. The number of carbonyl (C=O) groups excluding carboxylic acids is 2. The summed E-state index contributed by atoms with van der Waals surface area (Å²) in [7, 11) is 0. The molecule has 0 aromatic heterocycles. The molecular weight excluding hydrogens is 254 g/mol. The van der Waals surface area contributed by atoms with Crippen LogP contribution in [0.25, 0.3) is 0 Å². The van der Waals surface area contributed by atoms with Crippen LogP contribution in [-0.2, 0) is 4.79 Å². The van der Waals surface area contributed by atoms with Crippen molar-refractivity contribution in [1.82, 2.24) is 0 Å². The lowest BCUT2D eigenvalue weighted by molar-refractivity contribution is -0.114. The molecule has 20 heavy (non-hydrogen) atoms. The highest BCUT2D eigenvalue weighted by atomic mass is 16.5. The van der Waals surface area contributed by atoms with Gasteiger partial charge in [0, 0.05) is 6.92 Å². The maximum Gasteiger partial charge on any atom is 0.345 e. The van der Waals surface area contributed by atoms with Crippen molar-refractivity contribution >= 4 is 17.6 Å². The minimum atomic E-state index is -0.500. The number of carbonyl (C=O) groups is 2. The van der Waals surface area contributed by atoms with E-state index in [1.54, 1.807) is 36.4 Å². The summed E-state index contributed by atoms with van der Waals surface area (Å²) in [4.78, 5) is 23.3. The number of ether oxygens (including phenoxy) is 1. The van der Waals surface area contributed by atoms with Crippen molar-refractivity contribution in [2.45, 2.75) is 13.8 Å². The van der Waals surface area contributed by atoms with E-state index in [2.05, 4.69) is 5.32 Å². The fourth-order valence-electron chi connectivity index (χ4n) is 1.80. The van der Waals surface area contributed by atoms with Crippen molar-refractivity contribution in [3.63, 3.8) is 0 Å². The Labute approximate surface area is 117 Å². The highest BCUT2D eigenvalue weighted by Gasteiger charge is 2.14. The molecule has 0 aliphatic carbocycles. The van der Waals surface area contributed by atoms with Crippen molar-refractivity contribution in [2.24, 2.45) is 0 Å². The lowest BCUT2D eigenvalue weighted by Gasteiger charge is -2.09. The zero-order valence-electron chi connectivity index (χ0n) is 11.3. The SMILES string of the molecule is CC(=O)Nc1ccccc1C(=O)Oc1cccc(C)c1. The van der Waals surface area contributed by atoms with Crippen molar-refractivity contribution < 1.29 is 14.3 Å². The molecule has 0 saturated heterocycles. The van der Waals surface area contributed by atoms with Crippen LogP contribution in [0.5, 0.6) is 5.75 Å². The first kappa shape index (κ1) is 13.8. The number of para-hydroxylation sites is 1. The summed E-state index contributed by atoms with van der Waals surface area (Å²) in [6.07, 6.45) is 0. The molecule has 0 aliphatic heterocycles. The highest BCUT2D eigenvalue weighted by Crippen LogP contribution is 2.19. The highest BCUT2D eigenvalue weighted by molar-refractivity contribution is 6.01. The monoisotopic (exact) mass is 269 g/mol. The normalized spacial score (nSPS) is 9.90. The Balaban J connectivity index is 2.23. The molecule has 0 atom stereocenters. The minimum absolute atomic E-state index is 0.235. The number of esters is 1. The topological polar surface area (TPSA) is 55.4 Å². The summed E-state index contributed by atoms with van der Waals surface area (Å²) in [5, 5.41) is 2.61. The molecule has 102 valence electrons. The summed E-state index contributed by atoms with van der Waals surface area (Å²) in [6, 6.07) is 14.0. The third-order valence-electron chi connectivity index (χ3n) is 2.66. The van der Waals surface area contributed by atoms with E-state index >= 15 is 0 Å². The quantitative estimate of drug-likeness (QED) is 0.687. The van der Waals surface area contributed by atoms with E-state index < -0.39 is 5.97 Å². The predicted octanol–water partition coefficient (Wildman–Crippen LogP) is 3.17. The van der Waals surface area contributed by atoms with E-state index in [0.717, 1.165) is 5.56 Å². The Morgan fingerprint density at radius 1 is 1.05 bits per heavy atom. The Morgan fingerprint density at radius 2 is 1.80 bits per heavy atom. The Hall–Kier alpha value is -2.62. The third kappa shape index (κ3) is 3.45. The van der Waals surface area contributed by atoms with E-state index in [1.807, 2.05) is 19.1 Å². The number of nitrogens with one attached hydrogen (secondary N) is 1. The van der Waals surface area contributed by atoms with Gasteiger partial charge in [0.05, 0.1) is 11.3 Å². The van der Waals surface area contributed by atoms with Crippen molar-refractivity contribution in [1.29, 1.82) is 0 Å². The van der Waals surface area contributed by atoms with E-state index in [4.69, 9.17) is 4.74 Å². The van der Waals surface area contributed by atoms with Gasteiger partial charge < -0.3 is 10.1 Å². The van der Waals surface area contributed by atoms with Crippen LogP contribution in [0.3, 0.4) is 0 Å². The number of rotatable bonds is 3. The summed E-state index contributed by atoms with van der Waals surface area (Å²) >= 11 is 0. The second-order valence-electron chi connectivity index (χ2n) is 4.43. The molecule has 2 aromatic carbocycles. The van der Waals surface area contributed by atoms with Crippen LogP contribution in [0.4, 0.5) is 5.69 Å². The van der Waals surface area contributed by atoms with Gasteiger partial charge in [-0.25, -0.2) is 4.79 Å². The molecule has 0 unspecified atom stereocenters. The third-order valence-corrected chi connectivity index (χ3v) is 2.66. The Morgan fingerprint density at radius 3 is 2.50 bits per heavy atom. The Bertz CT molecular complexity index is 650. The largest absolute Gasteiger partial charge is 0.423 e. The van der Waals surface area contributed by atoms with Gasteiger partial charge in [-0.05, 0) is 36.8 Å². The number of benzene rings is 2. The smallest absolute Gasteiger partial charge is 0.345 e. The number of amides is 1. The minimum Gasteiger partial charge on any atom is -0.423 e. The molecule has 2 aromatic rings. The number of anilines is 1. The van der Waals surface area contributed by atoms with Gasteiger partial charge in [-0.1, -0.05) is 24.3 Å². The summed E-state index contributed by atoms with van der Waals surface area (Å²) in [6.45, 7) is 3.31. The van der Waals surface area contributed by atoms with Crippen LogP contribution in [0.15, 0.2) is 48.5 Å². The van der Waals surface area contributed by atoms with E-state index in [9.17, 15) is 9.59 Å². The Kier molecular flexibility index (Phi) is 4.15. The van der Waals surface area contributed by atoms with Gasteiger partial charge in [-0.15, -0.1) is 0 Å². The van der Waals surface area contributed by atoms with Gasteiger partial charge >= 0.3 is 5.97 Å². The molecule has 0 bridgehead atoms. The van der Waals surface area contributed by atoms with E-state index in [-0.39, 0.29) is 5.91 Å². The summed E-state index contributed by atoms with van der Waals surface area (Å²) in [5.74, 6) is -0.256. The molecule has 2 rings (SSSR count). The molecule has 0 spiro atoms. The maximum absolute atomic E-state index is 12.2. The van der Waals surface area contributed by atoms with Crippen LogP contribution in [0.2, 0.25) is 0 Å². The van der Waals surface area contributed by atoms with E-state index in [1.165, 1.54) is 6.92 Å². The fraction of sp³-hybridized carbons (Fsp3) is 0.125. The second kappa shape index (κ2) is 6.02. The number of aryl methyl sites for hydroxylation is 1. The summed E-state index contributed by atoms with van der Waals surface area (Å²) < 4.78 is 5.31. The molecule has 1 N–H and O–H groups in total. The van der Waals surface area contributed by atoms with Crippen LogP contribution in [0, 0.1) is 6.92 Å². The average molecular weight is 269 g/mol. The fourth-order valence-corrected chi connectivity index (χ4v) is 1.80. The van der Waals surface area contributed by atoms with Crippen molar-refractivity contribution in [3.8, 4) is 5.75 Å². The molecule has 4 heteroatoms. The van der Waals surface area contributed by atoms with Gasteiger partial charge in [0.2, 0.25) is 5.91 Å². The van der Waals surface area contributed by atoms with Crippen LogP contribution >= 0.6 is 0 Å². The second-order valence-corrected chi connectivity index (χ2v) is 4.43. The lowest BCUT2D eigenvalue weighted by atomic mass is 10.1. The zero-order chi connectivity index (χ0) is 14.5. The molecule has 0 heterocycles. The van der Waals surface area contributed by atoms with Crippen LogP contribution < -0.4 is 10.1 Å². The van der Waals surface area contributed by atoms with Gasteiger partial charge in [-0.3, -0.25) is 4.79 Å². The van der Waals surface area contributed by atoms with E-state index in [0.29, 0.717) is 17.0 Å². The summed E-state index contributed by atoms with van der Waals surface area (Å²) in [5.41, 5.74) is 1.77. The molecule has 1 amide bonds. The predicted molar refractivity (Wildman–Crippen MR) is 76.9 cm³/mol. The average Bonchev–Trinajstić information content (AvgIpc) is 2.38. The number of hydrogen-bond donors (Lipinski definition) is 1. The van der Waals surface area contributed by atoms with Crippen molar-refractivity contribution in [3.05, 3.63) is 59.7 Å². The van der Waals surface area contributed by atoms with Gasteiger partial charge in [0.25, 0.3) is 0 Å². The number of hydrogen-bond acceptors (Lipinski definition) is 3. The van der Waals surface area contributed by atoms with Crippen molar-refractivity contribution in [2.75, 3.05) is 5.32 Å². The molecular formula is C16H15NO3. The van der Waals surface area contributed by atoms with Gasteiger partial charge in [0.15, 0.2) is 0 Å².